The standard InChI is InChI=1S/C21H27Br2N7O2/c1-32-16-12-15(22)17(23)14(18(16)31)13-24-28-19-25-20(29-8-4-2-5-9-29)27-21(26-19)30-10-6-3-7-11-30/h12-13,31H,2-11H2,1H3,(H,25,26,27,28). The van der Waals surface area contributed by atoms with Crippen molar-refractivity contribution < 1.29 is 9.84 Å². The minimum Gasteiger partial charge on any atom is -0.504 e. The molecule has 0 saturated carbocycles. The lowest BCUT2D eigenvalue weighted by atomic mass is 10.1. The fourth-order valence-electron chi connectivity index (χ4n) is 3.91. The lowest BCUT2D eigenvalue weighted by molar-refractivity contribution is 0.372. The molecule has 2 saturated heterocycles. The molecule has 4 rings (SSSR count). The number of rotatable bonds is 6. The molecule has 2 N–H and O–H groups in total. The fourth-order valence-corrected chi connectivity index (χ4v) is 4.74. The summed E-state index contributed by atoms with van der Waals surface area (Å²) < 4.78 is 6.64. The zero-order valence-electron chi connectivity index (χ0n) is 18.0. The van der Waals surface area contributed by atoms with Gasteiger partial charge in [0.1, 0.15) is 0 Å². The summed E-state index contributed by atoms with van der Waals surface area (Å²) in [7, 11) is 1.50. The summed E-state index contributed by atoms with van der Waals surface area (Å²) in [5.74, 6) is 2.10. The minimum atomic E-state index is -0.00761. The van der Waals surface area contributed by atoms with Gasteiger partial charge < -0.3 is 19.6 Å². The molecule has 2 fully saturated rings. The molecule has 1 aromatic carbocycles. The maximum atomic E-state index is 10.5. The Bertz CT molecular complexity index is 941. The van der Waals surface area contributed by atoms with Crippen molar-refractivity contribution in [1.29, 1.82) is 0 Å². The fraction of sp³-hybridized carbons (Fsp3) is 0.524. The van der Waals surface area contributed by atoms with Crippen LogP contribution in [0.15, 0.2) is 20.1 Å². The Kier molecular flexibility index (Phi) is 7.67. The summed E-state index contributed by atoms with van der Waals surface area (Å²) in [6.07, 6.45) is 8.56. The normalized spacial score (nSPS) is 17.1. The van der Waals surface area contributed by atoms with Gasteiger partial charge >= 0.3 is 0 Å². The Balaban J connectivity index is 1.60. The molecular formula is C21H27Br2N7O2. The van der Waals surface area contributed by atoms with Crippen LogP contribution in [-0.4, -0.2) is 59.6 Å². The van der Waals surface area contributed by atoms with Crippen molar-refractivity contribution in [3.63, 3.8) is 0 Å². The van der Waals surface area contributed by atoms with E-state index in [2.05, 4.69) is 62.2 Å². The Hall–Kier alpha value is -2.14. The van der Waals surface area contributed by atoms with Crippen LogP contribution < -0.4 is 20.0 Å². The molecule has 0 radical (unpaired) electrons. The van der Waals surface area contributed by atoms with Crippen LogP contribution in [-0.2, 0) is 0 Å². The van der Waals surface area contributed by atoms with Crippen molar-refractivity contribution >= 4 is 55.9 Å². The van der Waals surface area contributed by atoms with Crippen LogP contribution in [0.3, 0.4) is 0 Å². The van der Waals surface area contributed by atoms with Gasteiger partial charge in [0.25, 0.3) is 0 Å². The SMILES string of the molecule is COc1cc(Br)c(Br)c(C=NNc2nc(N3CCCCC3)nc(N3CCCCC3)n2)c1O. The Morgan fingerprint density at radius 1 is 0.969 bits per heavy atom. The van der Waals surface area contributed by atoms with Gasteiger partial charge in [0.05, 0.1) is 18.9 Å². The zero-order chi connectivity index (χ0) is 22.5. The van der Waals surface area contributed by atoms with E-state index in [0.29, 0.717) is 33.6 Å². The second-order valence-corrected chi connectivity index (χ2v) is 9.51. The average Bonchev–Trinajstić information content (AvgIpc) is 2.84. The number of phenols is 1. The topological polar surface area (TPSA) is 99.0 Å². The van der Waals surface area contributed by atoms with Gasteiger partial charge in [-0.05, 0) is 76.5 Å². The van der Waals surface area contributed by atoms with E-state index in [1.807, 2.05) is 0 Å². The molecule has 0 amide bonds. The Labute approximate surface area is 204 Å². The first kappa shape index (κ1) is 23.0. The molecule has 9 nitrogen and oxygen atoms in total. The van der Waals surface area contributed by atoms with Crippen molar-refractivity contribution in [3.8, 4) is 11.5 Å². The first-order valence-electron chi connectivity index (χ1n) is 10.9. The van der Waals surface area contributed by atoms with E-state index in [1.54, 1.807) is 6.07 Å². The van der Waals surface area contributed by atoms with E-state index in [1.165, 1.54) is 26.2 Å². The second kappa shape index (κ2) is 10.7. The number of piperidine rings is 2. The number of phenolic OH excluding ortho intramolecular Hbond substituents is 1. The largest absolute Gasteiger partial charge is 0.504 e. The number of halogens is 2. The average molecular weight is 569 g/mol. The molecule has 2 aliphatic rings. The number of ether oxygens (including phenoxy) is 1. The monoisotopic (exact) mass is 567 g/mol. The highest BCUT2D eigenvalue weighted by molar-refractivity contribution is 9.13. The number of nitrogens with one attached hydrogen (secondary N) is 1. The Morgan fingerprint density at radius 2 is 1.53 bits per heavy atom. The number of anilines is 3. The highest BCUT2D eigenvalue weighted by Crippen LogP contribution is 2.39. The predicted octanol–water partition coefficient (Wildman–Crippen LogP) is 4.54. The molecule has 3 heterocycles. The molecule has 0 bridgehead atoms. The van der Waals surface area contributed by atoms with E-state index in [4.69, 9.17) is 9.72 Å². The molecule has 11 heteroatoms. The van der Waals surface area contributed by atoms with Crippen LogP contribution in [0.4, 0.5) is 17.8 Å². The summed E-state index contributed by atoms with van der Waals surface area (Å²) in [5.41, 5.74) is 3.41. The smallest absolute Gasteiger partial charge is 0.250 e. The highest BCUT2D eigenvalue weighted by atomic mass is 79.9. The zero-order valence-corrected chi connectivity index (χ0v) is 21.2. The molecule has 1 aromatic heterocycles. The van der Waals surface area contributed by atoms with Crippen molar-refractivity contribution in [2.45, 2.75) is 38.5 Å². The summed E-state index contributed by atoms with van der Waals surface area (Å²) in [6.45, 7) is 3.80. The third-order valence-electron chi connectivity index (χ3n) is 5.66. The number of hydrazone groups is 1. The molecule has 0 unspecified atom stereocenters. The Morgan fingerprint density at radius 3 is 2.06 bits per heavy atom. The molecule has 0 atom stereocenters. The van der Waals surface area contributed by atoms with Crippen molar-refractivity contribution in [1.82, 2.24) is 15.0 Å². The maximum absolute atomic E-state index is 10.5. The molecule has 172 valence electrons. The predicted molar refractivity (Wildman–Crippen MR) is 133 cm³/mol. The van der Waals surface area contributed by atoms with Gasteiger partial charge in [-0.15, -0.1) is 0 Å². The van der Waals surface area contributed by atoms with Crippen molar-refractivity contribution in [2.24, 2.45) is 5.10 Å². The van der Waals surface area contributed by atoms with Gasteiger partial charge in [0, 0.05) is 35.1 Å². The second-order valence-electron chi connectivity index (χ2n) is 7.86. The number of aromatic nitrogens is 3. The molecule has 0 spiro atoms. The van der Waals surface area contributed by atoms with Crippen LogP contribution >= 0.6 is 31.9 Å². The third kappa shape index (κ3) is 5.25. The molecule has 2 aromatic rings. The van der Waals surface area contributed by atoms with E-state index >= 15 is 0 Å². The summed E-state index contributed by atoms with van der Waals surface area (Å²) in [6, 6.07) is 1.69. The molecule has 2 aliphatic heterocycles. The first-order valence-corrected chi connectivity index (χ1v) is 12.5. The number of methoxy groups -OCH3 is 1. The number of nitrogens with zero attached hydrogens (tertiary/aromatic N) is 6. The van der Waals surface area contributed by atoms with Crippen LogP contribution in [0.25, 0.3) is 0 Å². The number of hydrogen-bond acceptors (Lipinski definition) is 9. The van der Waals surface area contributed by atoms with Gasteiger partial charge in [0.2, 0.25) is 17.8 Å². The van der Waals surface area contributed by atoms with Crippen LogP contribution in [0, 0.1) is 0 Å². The maximum Gasteiger partial charge on any atom is 0.250 e. The first-order chi connectivity index (χ1) is 15.6. The molecule has 32 heavy (non-hydrogen) atoms. The van der Waals surface area contributed by atoms with Crippen molar-refractivity contribution in [3.05, 3.63) is 20.6 Å². The van der Waals surface area contributed by atoms with E-state index in [9.17, 15) is 5.11 Å². The minimum absolute atomic E-state index is 0.00761. The van der Waals surface area contributed by atoms with Crippen LogP contribution in [0.1, 0.15) is 44.1 Å². The molecule has 0 aliphatic carbocycles. The van der Waals surface area contributed by atoms with Gasteiger partial charge in [-0.2, -0.15) is 20.1 Å². The number of benzene rings is 1. The number of aromatic hydroxyl groups is 1. The van der Waals surface area contributed by atoms with Gasteiger partial charge in [-0.25, -0.2) is 5.43 Å². The summed E-state index contributed by atoms with van der Waals surface area (Å²) in [5, 5.41) is 14.8. The summed E-state index contributed by atoms with van der Waals surface area (Å²) >= 11 is 6.92. The highest BCUT2D eigenvalue weighted by Gasteiger charge is 2.20. The van der Waals surface area contributed by atoms with E-state index in [-0.39, 0.29) is 5.75 Å². The van der Waals surface area contributed by atoms with E-state index < -0.39 is 0 Å². The quantitative estimate of drug-likeness (QED) is 0.387. The summed E-state index contributed by atoms with van der Waals surface area (Å²) in [4.78, 5) is 18.5. The van der Waals surface area contributed by atoms with Gasteiger partial charge in [0.15, 0.2) is 11.5 Å². The lowest BCUT2D eigenvalue weighted by Gasteiger charge is -2.30. The lowest BCUT2D eigenvalue weighted by Crippen LogP contribution is -2.34. The molecular weight excluding hydrogens is 542 g/mol. The van der Waals surface area contributed by atoms with Crippen LogP contribution in [0.2, 0.25) is 0 Å². The van der Waals surface area contributed by atoms with Crippen molar-refractivity contribution in [2.75, 3.05) is 48.5 Å². The van der Waals surface area contributed by atoms with Crippen LogP contribution in [0.5, 0.6) is 11.5 Å². The van der Waals surface area contributed by atoms with E-state index in [0.717, 1.165) is 56.3 Å². The van der Waals surface area contributed by atoms with Gasteiger partial charge in [-0.3, -0.25) is 0 Å². The third-order valence-corrected chi connectivity index (χ3v) is 7.67. The number of hydrogen-bond donors (Lipinski definition) is 2. The van der Waals surface area contributed by atoms with Gasteiger partial charge in [-0.1, -0.05) is 0 Å².